The third-order valence-electron chi connectivity index (χ3n) is 2.44. The van der Waals surface area contributed by atoms with Crippen LogP contribution in [0.1, 0.15) is 24.9 Å². The Morgan fingerprint density at radius 3 is 2.69 bits per heavy atom. The van der Waals surface area contributed by atoms with E-state index in [1.165, 1.54) is 12.1 Å². The monoisotopic (exact) mass is 229 g/mol. The quantitative estimate of drug-likeness (QED) is 0.757. The molecule has 0 amide bonds. The lowest BCUT2D eigenvalue weighted by molar-refractivity contribution is 0.195. The van der Waals surface area contributed by atoms with Gasteiger partial charge in [0.05, 0.1) is 6.61 Å². The van der Waals surface area contributed by atoms with Crippen LogP contribution in [0.3, 0.4) is 0 Å². The summed E-state index contributed by atoms with van der Waals surface area (Å²) in [6.45, 7) is 3.17. The molecule has 0 spiro atoms. The minimum Gasteiger partial charge on any atom is -0.383 e. The van der Waals surface area contributed by atoms with Crippen molar-refractivity contribution in [2.45, 2.75) is 19.4 Å². The van der Waals surface area contributed by atoms with Gasteiger partial charge in [0.1, 0.15) is 11.6 Å². The lowest BCUT2D eigenvalue weighted by Gasteiger charge is -2.17. The smallest absolute Gasteiger partial charge is 0.130 e. The number of hydrogen-bond acceptors (Lipinski definition) is 2. The number of halogens is 2. The fraction of sp³-hybridized carbons (Fsp3) is 0.500. The van der Waals surface area contributed by atoms with Gasteiger partial charge in [-0.2, -0.15) is 0 Å². The Kier molecular flexibility index (Phi) is 5.35. The number of ether oxygens (including phenoxy) is 1. The SMILES string of the molecule is CCC(NCCOC)c1ccc(F)cc1F. The summed E-state index contributed by atoms with van der Waals surface area (Å²) < 4.78 is 31.1. The molecule has 0 heterocycles. The van der Waals surface area contributed by atoms with Crippen molar-refractivity contribution in [3.8, 4) is 0 Å². The first-order valence-corrected chi connectivity index (χ1v) is 5.36. The van der Waals surface area contributed by atoms with Gasteiger partial charge in [-0.1, -0.05) is 13.0 Å². The van der Waals surface area contributed by atoms with Crippen LogP contribution in [0.5, 0.6) is 0 Å². The molecule has 0 bridgehead atoms. The normalized spacial score (nSPS) is 12.8. The number of benzene rings is 1. The van der Waals surface area contributed by atoms with Crippen LogP contribution < -0.4 is 5.32 Å². The Hall–Kier alpha value is -1.00. The molecule has 1 atom stereocenters. The highest BCUT2D eigenvalue weighted by atomic mass is 19.1. The summed E-state index contributed by atoms with van der Waals surface area (Å²) in [5.74, 6) is -1.05. The fourth-order valence-corrected chi connectivity index (χ4v) is 1.59. The highest BCUT2D eigenvalue weighted by Crippen LogP contribution is 2.20. The minimum absolute atomic E-state index is 0.101. The molecule has 1 N–H and O–H groups in total. The van der Waals surface area contributed by atoms with Crippen LogP contribution in [-0.2, 0) is 4.74 Å². The van der Waals surface area contributed by atoms with Gasteiger partial charge in [0.2, 0.25) is 0 Å². The van der Waals surface area contributed by atoms with Crippen LogP contribution in [0.4, 0.5) is 8.78 Å². The third kappa shape index (κ3) is 3.54. The second-order valence-corrected chi connectivity index (χ2v) is 3.57. The van der Waals surface area contributed by atoms with Gasteiger partial charge in [0, 0.05) is 31.3 Å². The van der Waals surface area contributed by atoms with Gasteiger partial charge in [-0.25, -0.2) is 8.78 Å². The zero-order valence-corrected chi connectivity index (χ0v) is 9.59. The first kappa shape index (κ1) is 13.1. The second-order valence-electron chi connectivity index (χ2n) is 3.57. The molecule has 0 fully saturated rings. The summed E-state index contributed by atoms with van der Waals surface area (Å²) in [5.41, 5.74) is 0.500. The van der Waals surface area contributed by atoms with E-state index in [1.54, 1.807) is 7.11 Å². The molecule has 1 rings (SSSR count). The van der Waals surface area contributed by atoms with Gasteiger partial charge in [0.25, 0.3) is 0 Å². The predicted octanol–water partition coefficient (Wildman–Crippen LogP) is 2.65. The van der Waals surface area contributed by atoms with Gasteiger partial charge >= 0.3 is 0 Å². The average Bonchev–Trinajstić information content (AvgIpc) is 2.26. The average molecular weight is 229 g/mol. The van der Waals surface area contributed by atoms with E-state index in [-0.39, 0.29) is 6.04 Å². The molecular weight excluding hydrogens is 212 g/mol. The molecule has 0 aliphatic rings. The molecule has 0 aliphatic heterocycles. The van der Waals surface area contributed by atoms with E-state index < -0.39 is 11.6 Å². The Bertz CT molecular complexity index is 331. The second kappa shape index (κ2) is 6.55. The molecule has 2 nitrogen and oxygen atoms in total. The predicted molar refractivity (Wildman–Crippen MR) is 59.3 cm³/mol. The zero-order valence-electron chi connectivity index (χ0n) is 9.59. The standard InChI is InChI=1S/C12H17F2NO/c1-3-12(15-6-7-16-2)10-5-4-9(13)8-11(10)14/h4-5,8,12,15H,3,6-7H2,1-2H3. The maximum atomic E-state index is 13.5. The lowest BCUT2D eigenvalue weighted by Crippen LogP contribution is -2.25. The highest BCUT2D eigenvalue weighted by molar-refractivity contribution is 5.22. The number of nitrogens with one attached hydrogen (secondary N) is 1. The Morgan fingerprint density at radius 2 is 2.12 bits per heavy atom. The van der Waals surface area contributed by atoms with E-state index in [0.717, 1.165) is 12.5 Å². The van der Waals surface area contributed by atoms with Gasteiger partial charge in [-0.3, -0.25) is 0 Å². The number of rotatable bonds is 6. The van der Waals surface area contributed by atoms with Crippen molar-refractivity contribution in [1.29, 1.82) is 0 Å². The van der Waals surface area contributed by atoms with E-state index in [1.807, 2.05) is 6.92 Å². The van der Waals surface area contributed by atoms with Crippen molar-refractivity contribution in [3.05, 3.63) is 35.4 Å². The van der Waals surface area contributed by atoms with E-state index in [9.17, 15) is 8.78 Å². The summed E-state index contributed by atoms with van der Waals surface area (Å²) in [6.07, 6.45) is 0.742. The fourth-order valence-electron chi connectivity index (χ4n) is 1.59. The first-order chi connectivity index (χ1) is 7.69. The Morgan fingerprint density at radius 1 is 1.38 bits per heavy atom. The van der Waals surface area contributed by atoms with Crippen molar-refractivity contribution in [1.82, 2.24) is 5.32 Å². The molecule has 0 aliphatic carbocycles. The van der Waals surface area contributed by atoms with Crippen molar-refractivity contribution < 1.29 is 13.5 Å². The molecule has 0 radical (unpaired) electrons. The van der Waals surface area contributed by atoms with Crippen molar-refractivity contribution >= 4 is 0 Å². The Balaban J connectivity index is 2.70. The van der Waals surface area contributed by atoms with Crippen LogP contribution in [-0.4, -0.2) is 20.3 Å². The molecular formula is C12H17F2NO. The summed E-state index contributed by atoms with van der Waals surface area (Å²) in [5, 5.41) is 3.16. The number of methoxy groups -OCH3 is 1. The molecule has 1 aromatic rings. The van der Waals surface area contributed by atoms with E-state index in [2.05, 4.69) is 5.32 Å². The molecule has 4 heteroatoms. The van der Waals surface area contributed by atoms with Gasteiger partial charge < -0.3 is 10.1 Å². The van der Waals surface area contributed by atoms with Crippen LogP contribution in [0, 0.1) is 11.6 Å². The maximum Gasteiger partial charge on any atom is 0.130 e. The van der Waals surface area contributed by atoms with E-state index in [0.29, 0.717) is 18.7 Å². The lowest BCUT2D eigenvalue weighted by atomic mass is 10.0. The van der Waals surface area contributed by atoms with E-state index >= 15 is 0 Å². The first-order valence-electron chi connectivity index (χ1n) is 5.36. The van der Waals surface area contributed by atoms with Crippen LogP contribution in [0.15, 0.2) is 18.2 Å². The summed E-state index contributed by atoms with van der Waals surface area (Å²) >= 11 is 0. The molecule has 0 saturated carbocycles. The van der Waals surface area contributed by atoms with Gasteiger partial charge in [-0.05, 0) is 12.5 Å². The van der Waals surface area contributed by atoms with Crippen LogP contribution in [0.25, 0.3) is 0 Å². The van der Waals surface area contributed by atoms with Crippen LogP contribution >= 0.6 is 0 Å². The highest BCUT2D eigenvalue weighted by Gasteiger charge is 2.13. The molecule has 16 heavy (non-hydrogen) atoms. The molecule has 1 aromatic carbocycles. The van der Waals surface area contributed by atoms with E-state index in [4.69, 9.17) is 4.74 Å². The maximum absolute atomic E-state index is 13.5. The van der Waals surface area contributed by atoms with Gasteiger partial charge in [0.15, 0.2) is 0 Å². The summed E-state index contributed by atoms with van der Waals surface area (Å²) in [6, 6.07) is 3.57. The van der Waals surface area contributed by atoms with Crippen molar-refractivity contribution in [2.75, 3.05) is 20.3 Å². The Labute approximate surface area is 94.6 Å². The van der Waals surface area contributed by atoms with Gasteiger partial charge in [-0.15, -0.1) is 0 Å². The molecule has 0 saturated heterocycles. The summed E-state index contributed by atoms with van der Waals surface area (Å²) in [4.78, 5) is 0. The zero-order chi connectivity index (χ0) is 12.0. The third-order valence-corrected chi connectivity index (χ3v) is 2.44. The molecule has 90 valence electrons. The minimum atomic E-state index is -0.548. The topological polar surface area (TPSA) is 21.3 Å². The largest absolute Gasteiger partial charge is 0.383 e. The van der Waals surface area contributed by atoms with Crippen LogP contribution in [0.2, 0.25) is 0 Å². The molecule has 1 unspecified atom stereocenters. The number of hydrogen-bond donors (Lipinski definition) is 1. The molecule has 0 aromatic heterocycles. The van der Waals surface area contributed by atoms with Crippen molar-refractivity contribution in [2.24, 2.45) is 0 Å². The summed E-state index contributed by atoms with van der Waals surface area (Å²) in [7, 11) is 1.61. The van der Waals surface area contributed by atoms with Crippen molar-refractivity contribution in [3.63, 3.8) is 0 Å².